The summed E-state index contributed by atoms with van der Waals surface area (Å²) in [5.74, 6) is 1.33. The number of rotatable bonds is 5. The van der Waals surface area contributed by atoms with E-state index in [-0.39, 0.29) is 0 Å². The molecule has 0 saturated carbocycles. The summed E-state index contributed by atoms with van der Waals surface area (Å²) in [4.78, 5) is 4.31. The van der Waals surface area contributed by atoms with Crippen LogP contribution >= 0.6 is 11.6 Å². The molecule has 2 aromatic rings. The molecule has 20 heavy (non-hydrogen) atoms. The summed E-state index contributed by atoms with van der Waals surface area (Å²) < 4.78 is 5.70. The Morgan fingerprint density at radius 1 is 1.25 bits per heavy atom. The summed E-state index contributed by atoms with van der Waals surface area (Å²) in [7, 11) is 0. The number of halogens is 1. The number of nitrogens with one attached hydrogen (secondary N) is 1. The molecule has 1 N–H and O–H groups in total. The van der Waals surface area contributed by atoms with E-state index in [9.17, 15) is 0 Å². The first-order valence-corrected chi connectivity index (χ1v) is 7.04. The van der Waals surface area contributed by atoms with Crippen molar-refractivity contribution in [2.75, 3.05) is 0 Å². The SMILES string of the molecule is Cc1cc(Oc2ccc(CNC(C)C)cn2)ccc1Cl. The first kappa shape index (κ1) is 14.8. The van der Waals surface area contributed by atoms with Crippen molar-refractivity contribution < 1.29 is 4.74 Å². The Bertz CT molecular complexity index is 567. The van der Waals surface area contributed by atoms with Crippen LogP contribution in [-0.4, -0.2) is 11.0 Å². The highest BCUT2D eigenvalue weighted by atomic mass is 35.5. The van der Waals surface area contributed by atoms with E-state index >= 15 is 0 Å². The molecule has 1 heterocycles. The molecule has 3 nitrogen and oxygen atoms in total. The van der Waals surface area contributed by atoms with Gasteiger partial charge in [0.1, 0.15) is 5.75 Å². The molecule has 0 aliphatic heterocycles. The molecule has 1 aromatic heterocycles. The van der Waals surface area contributed by atoms with Crippen molar-refractivity contribution in [1.82, 2.24) is 10.3 Å². The predicted octanol–water partition coefficient (Wildman–Crippen LogP) is 4.33. The molecule has 0 aliphatic rings. The van der Waals surface area contributed by atoms with Gasteiger partial charge in [-0.25, -0.2) is 4.98 Å². The highest BCUT2D eigenvalue weighted by Gasteiger charge is 2.02. The molecular weight excluding hydrogens is 272 g/mol. The van der Waals surface area contributed by atoms with Crippen LogP contribution in [0.25, 0.3) is 0 Å². The van der Waals surface area contributed by atoms with E-state index in [1.807, 2.05) is 43.5 Å². The highest BCUT2D eigenvalue weighted by Crippen LogP contribution is 2.24. The quantitative estimate of drug-likeness (QED) is 0.890. The van der Waals surface area contributed by atoms with Gasteiger partial charge in [0.05, 0.1) is 0 Å². The van der Waals surface area contributed by atoms with E-state index in [0.717, 1.165) is 28.4 Å². The normalized spacial score (nSPS) is 10.8. The Labute approximate surface area is 124 Å². The van der Waals surface area contributed by atoms with Crippen molar-refractivity contribution in [3.05, 3.63) is 52.7 Å². The molecule has 0 saturated heterocycles. The third-order valence-corrected chi connectivity index (χ3v) is 3.29. The summed E-state index contributed by atoms with van der Waals surface area (Å²) in [5.41, 5.74) is 2.13. The molecule has 2 rings (SSSR count). The van der Waals surface area contributed by atoms with Crippen molar-refractivity contribution in [1.29, 1.82) is 0 Å². The number of ether oxygens (including phenoxy) is 1. The van der Waals surface area contributed by atoms with Crippen LogP contribution in [0.5, 0.6) is 11.6 Å². The third-order valence-electron chi connectivity index (χ3n) is 2.86. The van der Waals surface area contributed by atoms with Gasteiger partial charge in [0.25, 0.3) is 0 Å². The Morgan fingerprint density at radius 2 is 2.05 bits per heavy atom. The first-order valence-electron chi connectivity index (χ1n) is 6.67. The average molecular weight is 291 g/mol. The minimum absolute atomic E-state index is 0.461. The molecule has 0 fully saturated rings. The van der Waals surface area contributed by atoms with Crippen molar-refractivity contribution in [3.63, 3.8) is 0 Å². The van der Waals surface area contributed by atoms with Gasteiger partial charge in [-0.05, 0) is 36.2 Å². The molecule has 0 radical (unpaired) electrons. The first-order chi connectivity index (χ1) is 9.54. The summed E-state index contributed by atoms with van der Waals surface area (Å²) in [6.45, 7) is 7.00. The number of hydrogen-bond donors (Lipinski definition) is 1. The number of hydrogen-bond acceptors (Lipinski definition) is 3. The van der Waals surface area contributed by atoms with E-state index < -0.39 is 0 Å². The van der Waals surface area contributed by atoms with E-state index in [1.54, 1.807) is 0 Å². The minimum Gasteiger partial charge on any atom is -0.439 e. The summed E-state index contributed by atoms with van der Waals surface area (Å²) >= 11 is 5.99. The molecule has 0 unspecified atom stereocenters. The maximum Gasteiger partial charge on any atom is 0.219 e. The number of aromatic nitrogens is 1. The molecular formula is C16H19ClN2O. The Morgan fingerprint density at radius 3 is 2.65 bits per heavy atom. The standard InChI is InChI=1S/C16H19ClN2O/c1-11(2)18-9-13-4-7-16(19-10-13)20-14-5-6-15(17)12(3)8-14/h4-8,10-11,18H,9H2,1-3H3. The Hall–Kier alpha value is -1.58. The number of benzene rings is 1. The molecule has 0 atom stereocenters. The maximum absolute atomic E-state index is 5.99. The van der Waals surface area contributed by atoms with Gasteiger partial charge < -0.3 is 10.1 Å². The van der Waals surface area contributed by atoms with Crippen LogP contribution in [0.4, 0.5) is 0 Å². The lowest BCUT2D eigenvalue weighted by atomic mass is 10.2. The lowest BCUT2D eigenvalue weighted by Crippen LogP contribution is -2.21. The van der Waals surface area contributed by atoms with Gasteiger partial charge in [-0.2, -0.15) is 0 Å². The number of nitrogens with zero attached hydrogens (tertiary/aromatic N) is 1. The van der Waals surface area contributed by atoms with Gasteiger partial charge in [0.2, 0.25) is 5.88 Å². The lowest BCUT2D eigenvalue weighted by Gasteiger charge is -2.09. The van der Waals surface area contributed by atoms with Gasteiger partial charge in [0, 0.05) is 29.9 Å². The minimum atomic E-state index is 0.461. The van der Waals surface area contributed by atoms with Crippen LogP contribution in [0.2, 0.25) is 5.02 Å². The Kier molecular flexibility index (Phi) is 4.99. The van der Waals surface area contributed by atoms with Crippen LogP contribution in [0.3, 0.4) is 0 Å². The van der Waals surface area contributed by atoms with Crippen LogP contribution in [0, 0.1) is 6.92 Å². The van der Waals surface area contributed by atoms with Crippen LogP contribution < -0.4 is 10.1 Å². The van der Waals surface area contributed by atoms with Gasteiger partial charge in [-0.1, -0.05) is 31.5 Å². The monoisotopic (exact) mass is 290 g/mol. The van der Waals surface area contributed by atoms with Gasteiger partial charge in [-0.3, -0.25) is 0 Å². The fraction of sp³-hybridized carbons (Fsp3) is 0.312. The van der Waals surface area contributed by atoms with Crippen LogP contribution in [0.1, 0.15) is 25.0 Å². The topological polar surface area (TPSA) is 34.1 Å². The highest BCUT2D eigenvalue weighted by molar-refractivity contribution is 6.31. The Balaban J connectivity index is 2.01. The van der Waals surface area contributed by atoms with E-state index in [4.69, 9.17) is 16.3 Å². The molecule has 106 valence electrons. The van der Waals surface area contributed by atoms with Crippen molar-refractivity contribution in [2.24, 2.45) is 0 Å². The zero-order valence-corrected chi connectivity index (χ0v) is 12.7. The molecule has 0 bridgehead atoms. The second-order valence-corrected chi connectivity index (χ2v) is 5.46. The second-order valence-electron chi connectivity index (χ2n) is 5.05. The van der Waals surface area contributed by atoms with Crippen LogP contribution in [0.15, 0.2) is 36.5 Å². The van der Waals surface area contributed by atoms with Crippen molar-refractivity contribution >= 4 is 11.6 Å². The fourth-order valence-electron chi connectivity index (χ4n) is 1.70. The van der Waals surface area contributed by atoms with E-state index in [1.165, 1.54) is 0 Å². The van der Waals surface area contributed by atoms with Crippen molar-refractivity contribution in [2.45, 2.75) is 33.4 Å². The lowest BCUT2D eigenvalue weighted by molar-refractivity contribution is 0.461. The molecule has 0 spiro atoms. The van der Waals surface area contributed by atoms with Crippen LogP contribution in [-0.2, 0) is 6.54 Å². The van der Waals surface area contributed by atoms with E-state index in [2.05, 4.69) is 24.1 Å². The molecule has 0 amide bonds. The molecule has 1 aromatic carbocycles. The van der Waals surface area contributed by atoms with Crippen molar-refractivity contribution in [3.8, 4) is 11.6 Å². The van der Waals surface area contributed by atoms with Gasteiger partial charge >= 0.3 is 0 Å². The maximum atomic E-state index is 5.99. The summed E-state index contributed by atoms with van der Waals surface area (Å²) in [5, 5.41) is 4.09. The largest absolute Gasteiger partial charge is 0.439 e. The fourth-order valence-corrected chi connectivity index (χ4v) is 1.82. The predicted molar refractivity (Wildman–Crippen MR) is 82.5 cm³/mol. The van der Waals surface area contributed by atoms with Gasteiger partial charge in [0.15, 0.2) is 0 Å². The summed E-state index contributed by atoms with van der Waals surface area (Å²) in [6.07, 6.45) is 1.83. The van der Waals surface area contributed by atoms with Gasteiger partial charge in [-0.15, -0.1) is 0 Å². The summed E-state index contributed by atoms with van der Waals surface area (Å²) in [6, 6.07) is 9.92. The average Bonchev–Trinajstić information content (AvgIpc) is 2.42. The second kappa shape index (κ2) is 6.73. The zero-order chi connectivity index (χ0) is 14.5. The number of pyridine rings is 1. The molecule has 0 aliphatic carbocycles. The number of aryl methyl sites for hydroxylation is 1. The smallest absolute Gasteiger partial charge is 0.219 e. The molecule has 4 heteroatoms. The van der Waals surface area contributed by atoms with E-state index in [0.29, 0.717) is 11.9 Å². The zero-order valence-electron chi connectivity index (χ0n) is 12.0. The third kappa shape index (κ3) is 4.22.